The average Bonchev–Trinajstić information content (AvgIpc) is 3.07. The van der Waals surface area contributed by atoms with Gasteiger partial charge in [-0.1, -0.05) is 22.9 Å². The maximum Gasteiger partial charge on any atom is 0.337 e. The largest absolute Gasteiger partial charge is 0.478 e. The molecular formula is C13H16BrNO2. The molecule has 4 heteroatoms. The number of halogens is 1. The highest BCUT2D eigenvalue weighted by Crippen LogP contribution is 2.48. The lowest BCUT2D eigenvalue weighted by atomic mass is 10.0. The summed E-state index contributed by atoms with van der Waals surface area (Å²) in [6.07, 6.45) is 3.64. The lowest BCUT2D eigenvalue weighted by molar-refractivity contribution is 0.0698. The summed E-state index contributed by atoms with van der Waals surface area (Å²) in [7, 11) is 0. The fourth-order valence-corrected chi connectivity index (χ4v) is 2.33. The molecule has 0 aromatic heterocycles. The lowest BCUT2D eigenvalue weighted by Gasteiger charge is -2.16. The van der Waals surface area contributed by atoms with E-state index in [1.165, 1.54) is 12.8 Å². The molecule has 0 spiro atoms. The van der Waals surface area contributed by atoms with Crippen molar-refractivity contribution in [2.75, 3.05) is 11.9 Å². The molecule has 1 aliphatic carbocycles. The number of hydrogen-bond acceptors (Lipinski definition) is 2. The quantitative estimate of drug-likeness (QED) is 0.870. The molecule has 1 aromatic carbocycles. The topological polar surface area (TPSA) is 49.3 Å². The van der Waals surface area contributed by atoms with Crippen LogP contribution in [0.2, 0.25) is 0 Å². The van der Waals surface area contributed by atoms with Crippen molar-refractivity contribution in [2.45, 2.75) is 26.2 Å². The molecule has 0 amide bonds. The van der Waals surface area contributed by atoms with E-state index in [0.717, 1.165) is 17.4 Å². The van der Waals surface area contributed by atoms with Gasteiger partial charge in [-0.15, -0.1) is 0 Å². The molecule has 2 rings (SSSR count). The summed E-state index contributed by atoms with van der Waals surface area (Å²) in [5.41, 5.74) is 1.43. The van der Waals surface area contributed by atoms with Crippen LogP contribution >= 0.6 is 15.9 Å². The van der Waals surface area contributed by atoms with E-state index in [4.69, 9.17) is 5.11 Å². The van der Waals surface area contributed by atoms with Crippen LogP contribution in [0.1, 0.15) is 36.5 Å². The second-order valence-electron chi connectivity index (χ2n) is 4.70. The van der Waals surface area contributed by atoms with Gasteiger partial charge in [0.05, 0.1) is 5.56 Å². The van der Waals surface area contributed by atoms with Gasteiger partial charge >= 0.3 is 5.97 Å². The highest BCUT2D eigenvalue weighted by molar-refractivity contribution is 9.10. The number of rotatable bonds is 5. The number of hydrogen-bond donors (Lipinski definition) is 2. The first-order chi connectivity index (χ1) is 8.06. The summed E-state index contributed by atoms with van der Waals surface area (Å²) in [5.74, 6) is -0.888. The number of carboxylic acids is 1. The number of nitrogens with one attached hydrogen (secondary N) is 1. The SMILES string of the molecule is CCC1(CNc2cc(Br)ccc2C(=O)O)CC1. The van der Waals surface area contributed by atoms with Crippen LogP contribution in [-0.2, 0) is 0 Å². The van der Waals surface area contributed by atoms with Crippen LogP contribution in [0.3, 0.4) is 0 Å². The van der Waals surface area contributed by atoms with Crippen LogP contribution in [0.4, 0.5) is 5.69 Å². The van der Waals surface area contributed by atoms with Gasteiger partial charge in [0.15, 0.2) is 0 Å². The normalized spacial score (nSPS) is 16.6. The predicted molar refractivity (Wildman–Crippen MR) is 71.5 cm³/mol. The number of aromatic carboxylic acids is 1. The highest BCUT2D eigenvalue weighted by Gasteiger charge is 2.40. The summed E-state index contributed by atoms with van der Waals surface area (Å²) >= 11 is 3.37. The Kier molecular flexibility index (Phi) is 3.43. The number of carboxylic acid groups (broad SMARTS) is 1. The molecule has 1 aromatic rings. The van der Waals surface area contributed by atoms with Crippen molar-refractivity contribution in [2.24, 2.45) is 5.41 Å². The third kappa shape index (κ3) is 2.80. The van der Waals surface area contributed by atoms with Crippen LogP contribution in [0, 0.1) is 5.41 Å². The van der Waals surface area contributed by atoms with Crippen molar-refractivity contribution in [3.05, 3.63) is 28.2 Å². The van der Waals surface area contributed by atoms with E-state index in [1.54, 1.807) is 12.1 Å². The Labute approximate surface area is 109 Å². The Morgan fingerprint density at radius 3 is 2.76 bits per heavy atom. The fourth-order valence-electron chi connectivity index (χ4n) is 1.96. The Hall–Kier alpha value is -1.03. The Balaban J connectivity index is 2.13. The van der Waals surface area contributed by atoms with E-state index in [2.05, 4.69) is 28.2 Å². The molecule has 0 saturated heterocycles. The van der Waals surface area contributed by atoms with Crippen molar-refractivity contribution in [1.29, 1.82) is 0 Å². The summed E-state index contributed by atoms with van der Waals surface area (Å²) in [6, 6.07) is 5.21. The van der Waals surface area contributed by atoms with Crippen molar-refractivity contribution >= 4 is 27.6 Å². The van der Waals surface area contributed by atoms with Crippen LogP contribution in [-0.4, -0.2) is 17.6 Å². The standard InChI is InChI=1S/C13H16BrNO2/c1-2-13(5-6-13)8-15-11-7-9(14)3-4-10(11)12(16)17/h3-4,7,15H,2,5-6,8H2,1H3,(H,16,17). The van der Waals surface area contributed by atoms with Crippen molar-refractivity contribution < 1.29 is 9.90 Å². The van der Waals surface area contributed by atoms with Gasteiger partial charge in [-0.05, 0) is 42.9 Å². The summed E-state index contributed by atoms with van der Waals surface area (Å²) in [4.78, 5) is 11.1. The van der Waals surface area contributed by atoms with Crippen LogP contribution in [0.5, 0.6) is 0 Å². The van der Waals surface area contributed by atoms with E-state index in [0.29, 0.717) is 16.7 Å². The van der Waals surface area contributed by atoms with Crippen LogP contribution < -0.4 is 5.32 Å². The highest BCUT2D eigenvalue weighted by atomic mass is 79.9. The summed E-state index contributed by atoms with van der Waals surface area (Å²) in [5, 5.41) is 12.4. The van der Waals surface area contributed by atoms with Gasteiger partial charge in [-0.25, -0.2) is 4.79 Å². The van der Waals surface area contributed by atoms with Gasteiger partial charge in [0, 0.05) is 16.7 Å². The van der Waals surface area contributed by atoms with E-state index in [1.807, 2.05) is 6.07 Å². The molecule has 3 nitrogen and oxygen atoms in total. The first-order valence-electron chi connectivity index (χ1n) is 5.83. The number of anilines is 1. The fraction of sp³-hybridized carbons (Fsp3) is 0.462. The molecule has 0 bridgehead atoms. The van der Waals surface area contributed by atoms with Gasteiger partial charge in [-0.2, -0.15) is 0 Å². The zero-order chi connectivity index (χ0) is 12.5. The van der Waals surface area contributed by atoms with E-state index in [9.17, 15) is 4.79 Å². The molecule has 0 unspecified atom stereocenters. The third-order valence-corrected chi connectivity index (χ3v) is 4.07. The van der Waals surface area contributed by atoms with Gasteiger partial charge in [0.2, 0.25) is 0 Å². The molecule has 0 atom stereocenters. The minimum atomic E-state index is -0.888. The minimum absolute atomic E-state index is 0.333. The molecule has 0 heterocycles. The molecule has 0 aliphatic heterocycles. The van der Waals surface area contributed by atoms with Gasteiger partial charge < -0.3 is 10.4 Å². The van der Waals surface area contributed by atoms with Crippen molar-refractivity contribution in [3.8, 4) is 0 Å². The average molecular weight is 298 g/mol. The van der Waals surface area contributed by atoms with Gasteiger partial charge in [-0.3, -0.25) is 0 Å². The zero-order valence-electron chi connectivity index (χ0n) is 9.79. The molecule has 0 radical (unpaired) electrons. The Morgan fingerprint density at radius 2 is 2.24 bits per heavy atom. The van der Waals surface area contributed by atoms with Gasteiger partial charge in [0.25, 0.3) is 0 Å². The Bertz CT molecular complexity index is 441. The van der Waals surface area contributed by atoms with E-state index >= 15 is 0 Å². The predicted octanol–water partition coefficient (Wildman–Crippen LogP) is 3.75. The number of carbonyl (C=O) groups is 1. The van der Waals surface area contributed by atoms with Crippen molar-refractivity contribution in [1.82, 2.24) is 0 Å². The molecule has 1 fully saturated rings. The van der Waals surface area contributed by atoms with Crippen molar-refractivity contribution in [3.63, 3.8) is 0 Å². The number of benzene rings is 1. The van der Waals surface area contributed by atoms with E-state index < -0.39 is 5.97 Å². The molecular weight excluding hydrogens is 282 g/mol. The first-order valence-corrected chi connectivity index (χ1v) is 6.62. The van der Waals surface area contributed by atoms with Crippen LogP contribution in [0.15, 0.2) is 22.7 Å². The molecule has 1 saturated carbocycles. The smallest absolute Gasteiger partial charge is 0.337 e. The van der Waals surface area contributed by atoms with E-state index in [-0.39, 0.29) is 0 Å². The first kappa shape index (κ1) is 12.4. The summed E-state index contributed by atoms with van der Waals surface area (Å²) < 4.78 is 0.895. The van der Waals surface area contributed by atoms with Crippen LogP contribution in [0.25, 0.3) is 0 Å². The molecule has 92 valence electrons. The maximum absolute atomic E-state index is 11.1. The summed E-state index contributed by atoms with van der Waals surface area (Å²) in [6.45, 7) is 3.05. The maximum atomic E-state index is 11.1. The zero-order valence-corrected chi connectivity index (χ0v) is 11.4. The second-order valence-corrected chi connectivity index (χ2v) is 5.62. The molecule has 1 aliphatic rings. The monoisotopic (exact) mass is 297 g/mol. The lowest BCUT2D eigenvalue weighted by Crippen LogP contribution is -2.16. The molecule has 17 heavy (non-hydrogen) atoms. The second kappa shape index (κ2) is 4.69. The Morgan fingerprint density at radius 1 is 1.53 bits per heavy atom. The third-order valence-electron chi connectivity index (χ3n) is 3.57. The molecule has 2 N–H and O–H groups in total. The van der Waals surface area contributed by atoms with Gasteiger partial charge in [0.1, 0.15) is 0 Å². The minimum Gasteiger partial charge on any atom is -0.478 e.